The number of carbonyl (C=O) groups is 4. The van der Waals surface area contributed by atoms with Crippen molar-refractivity contribution in [3.05, 3.63) is 64.1 Å². The van der Waals surface area contributed by atoms with Crippen LogP contribution in [0.4, 0.5) is 0 Å². The fourth-order valence-electron chi connectivity index (χ4n) is 3.47. The van der Waals surface area contributed by atoms with E-state index in [1.165, 1.54) is 22.8 Å². The van der Waals surface area contributed by atoms with Gasteiger partial charge >= 0.3 is 5.97 Å². The maximum atomic E-state index is 12.3. The molecule has 0 fully saturated rings. The molecule has 0 atom stereocenters. The standard InChI is InChI=1S/C20H17N5O5/c1-10-12(11(2)24-18(23-10)15(9-22-24)17(21)27)7-8-16(26)30-25-19(28)13-5-3-4-6-14(13)20(25)29/h3-6,9H,7-8H2,1-2H3,(H2,21,27). The van der Waals surface area contributed by atoms with Gasteiger partial charge in [0.1, 0.15) is 5.56 Å². The second-order valence-electron chi connectivity index (χ2n) is 6.83. The van der Waals surface area contributed by atoms with Crippen molar-refractivity contribution in [3.63, 3.8) is 0 Å². The molecule has 1 aliphatic heterocycles. The van der Waals surface area contributed by atoms with E-state index in [4.69, 9.17) is 10.6 Å². The van der Waals surface area contributed by atoms with E-state index in [0.29, 0.717) is 22.1 Å². The minimum absolute atomic E-state index is 0.0911. The van der Waals surface area contributed by atoms with Crippen molar-refractivity contribution in [2.45, 2.75) is 26.7 Å². The molecule has 2 aromatic heterocycles. The van der Waals surface area contributed by atoms with Crippen molar-refractivity contribution in [2.75, 3.05) is 0 Å². The Kier molecular flexibility index (Phi) is 4.53. The summed E-state index contributed by atoms with van der Waals surface area (Å²) in [6, 6.07) is 6.26. The van der Waals surface area contributed by atoms with Gasteiger partial charge in [0.05, 0.1) is 23.7 Å². The summed E-state index contributed by atoms with van der Waals surface area (Å²) in [6.07, 6.45) is 1.50. The average Bonchev–Trinajstić information content (AvgIpc) is 3.23. The van der Waals surface area contributed by atoms with Gasteiger partial charge in [0.25, 0.3) is 17.7 Å². The molecule has 3 heterocycles. The number of primary amides is 1. The third-order valence-electron chi connectivity index (χ3n) is 5.00. The number of aromatic nitrogens is 3. The van der Waals surface area contributed by atoms with Crippen LogP contribution in [0.2, 0.25) is 0 Å². The van der Waals surface area contributed by atoms with Crippen LogP contribution in [0.25, 0.3) is 5.65 Å². The van der Waals surface area contributed by atoms with Crippen molar-refractivity contribution in [1.29, 1.82) is 0 Å². The van der Waals surface area contributed by atoms with Crippen LogP contribution >= 0.6 is 0 Å². The lowest BCUT2D eigenvalue weighted by molar-refractivity contribution is -0.168. The number of fused-ring (bicyclic) bond motifs is 2. The van der Waals surface area contributed by atoms with Crippen molar-refractivity contribution < 1.29 is 24.0 Å². The molecule has 10 heteroatoms. The highest BCUT2D eigenvalue weighted by Crippen LogP contribution is 2.23. The second kappa shape index (κ2) is 7.07. The number of imide groups is 1. The van der Waals surface area contributed by atoms with Crippen LogP contribution < -0.4 is 5.73 Å². The smallest absolute Gasteiger partial charge is 0.333 e. The maximum Gasteiger partial charge on any atom is 0.333 e. The number of hydroxylamine groups is 2. The van der Waals surface area contributed by atoms with Crippen LogP contribution in [0, 0.1) is 13.8 Å². The van der Waals surface area contributed by atoms with E-state index in [1.807, 2.05) is 0 Å². The van der Waals surface area contributed by atoms with Gasteiger partial charge in [-0.2, -0.15) is 5.10 Å². The van der Waals surface area contributed by atoms with E-state index in [2.05, 4.69) is 10.1 Å². The number of nitrogens with zero attached hydrogens (tertiary/aromatic N) is 4. The number of amides is 3. The minimum Gasteiger partial charge on any atom is -0.365 e. The molecule has 0 radical (unpaired) electrons. The second-order valence-corrected chi connectivity index (χ2v) is 6.83. The van der Waals surface area contributed by atoms with E-state index in [9.17, 15) is 19.2 Å². The Balaban J connectivity index is 1.50. The zero-order valence-electron chi connectivity index (χ0n) is 16.2. The van der Waals surface area contributed by atoms with Gasteiger partial charge in [-0.15, -0.1) is 0 Å². The summed E-state index contributed by atoms with van der Waals surface area (Å²) in [5, 5.41) is 4.62. The van der Waals surface area contributed by atoms with Crippen molar-refractivity contribution >= 4 is 29.3 Å². The summed E-state index contributed by atoms with van der Waals surface area (Å²) in [4.78, 5) is 57.8. The predicted molar refractivity (Wildman–Crippen MR) is 102 cm³/mol. The van der Waals surface area contributed by atoms with Crippen molar-refractivity contribution in [2.24, 2.45) is 5.73 Å². The van der Waals surface area contributed by atoms with Crippen LogP contribution in [-0.4, -0.2) is 43.4 Å². The van der Waals surface area contributed by atoms with Crippen molar-refractivity contribution in [1.82, 2.24) is 19.7 Å². The van der Waals surface area contributed by atoms with E-state index >= 15 is 0 Å². The molecule has 1 aliphatic rings. The highest BCUT2D eigenvalue weighted by Gasteiger charge is 2.38. The molecule has 0 saturated heterocycles. The molecule has 30 heavy (non-hydrogen) atoms. The van der Waals surface area contributed by atoms with Gasteiger partial charge in [-0.05, 0) is 38.0 Å². The molecule has 2 N–H and O–H groups in total. The lowest BCUT2D eigenvalue weighted by Gasteiger charge is -2.14. The molecule has 0 bridgehead atoms. The van der Waals surface area contributed by atoms with Crippen LogP contribution in [0.3, 0.4) is 0 Å². The van der Waals surface area contributed by atoms with Gasteiger partial charge in [-0.3, -0.25) is 14.4 Å². The minimum atomic E-state index is -0.735. The Morgan fingerprint density at radius 2 is 1.73 bits per heavy atom. The van der Waals surface area contributed by atoms with E-state index in [1.54, 1.807) is 26.0 Å². The Hall–Kier alpha value is -4.08. The number of carbonyl (C=O) groups excluding carboxylic acids is 4. The number of nitrogens with two attached hydrogens (primary N) is 1. The molecule has 3 amide bonds. The summed E-state index contributed by atoms with van der Waals surface area (Å²) in [5.41, 5.74) is 8.32. The fourth-order valence-corrected chi connectivity index (χ4v) is 3.47. The average molecular weight is 407 g/mol. The molecule has 10 nitrogen and oxygen atoms in total. The van der Waals surface area contributed by atoms with E-state index in [-0.39, 0.29) is 29.5 Å². The van der Waals surface area contributed by atoms with Crippen LogP contribution in [0.15, 0.2) is 30.5 Å². The van der Waals surface area contributed by atoms with Gasteiger partial charge in [0.2, 0.25) is 0 Å². The Morgan fingerprint density at radius 1 is 1.10 bits per heavy atom. The number of rotatable bonds is 5. The lowest BCUT2D eigenvalue weighted by Crippen LogP contribution is -2.32. The van der Waals surface area contributed by atoms with E-state index < -0.39 is 23.7 Å². The van der Waals surface area contributed by atoms with Gasteiger partial charge in [0, 0.05) is 11.4 Å². The third kappa shape index (κ3) is 2.98. The summed E-state index contributed by atoms with van der Waals surface area (Å²) in [6.45, 7) is 3.53. The zero-order chi connectivity index (χ0) is 21.6. The van der Waals surface area contributed by atoms with Crippen LogP contribution in [0.1, 0.15) is 54.4 Å². The molecular weight excluding hydrogens is 390 g/mol. The van der Waals surface area contributed by atoms with Crippen LogP contribution in [0.5, 0.6) is 0 Å². The van der Waals surface area contributed by atoms with E-state index in [0.717, 1.165) is 5.56 Å². The summed E-state index contributed by atoms with van der Waals surface area (Å²) < 4.78 is 1.48. The molecule has 0 spiro atoms. The van der Waals surface area contributed by atoms with Gasteiger partial charge in [-0.1, -0.05) is 17.2 Å². The monoisotopic (exact) mass is 407 g/mol. The summed E-state index contributed by atoms with van der Waals surface area (Å²) in [5.74, 6) is -2.71. The first-order valence-electron chi connectivity index (χ1n) is 9.11. The molecule has 0 unspecified atom stereocenters. The quantitative estimate of drug-likeness (QED) is 0.626. The highest BCUT2D eigenvalue weighted by atomic mass is 16.7. The Labute approximate surface area is 170 Å². The van der Waals surface area contributed by atoms with Crippen LogP contribution in [-0.2, 0) is 16.1 Å². The number of hydrogen-bond donors (Lipinski definition) is 1. The van der Waals surface area contributed by atoms with Gasteiger partial charge < -0.3 is 10.6 Å². The molecule has 4 rings (SSSR count). The highest BCUT2D eigenvalue weighted by molar-refractivity contribution is 6.20. The van der Waals surface area contributed by atoms with Gasteiger partial charge in [-0.25, -0.2) is 14.3 Å². The molecule has 152 valence electrons. The normalized spacial score (nSPS) is 13.1. The van der Waals surface area contributed by atoms with Crippen molar-refractivity contribution in [3.8, 4) is 0 Å². The Bertz CT molecular complexity index is 1210. The predicted octanol–water partition coefficient (Wildman–Crippen LogP) is 1.13. The zero-order valence-corrected chi connectivity index (χ0v) is 16.2. The first kappa shape index (κ1) is 19.2. The number of benzene rings is 1. The summed E-state index contributed by atoms with van der Waals surface area (Å²) in [7, 11) is 0. The largest absolute Gasteiger partial charge is 0.365 e. The lowest BCUT2D eigenvalue weighted by atomic mass is 10.1. The SMILES string of the molecule is Cc1nc2c(C(N)=O)cnn2c(C)c1CCC(=O)ON1C(=O)c2ccccc2C1=O. The summed E-state index contributed by atoms with van der Waals surface area (Å²) >= 11 is 0. The molecular formula is C20H17N5O5. The fraction of sp³-hybridized carbons (Fsp3) is 0.200. The Morgan fingerprint density at radius 3 is 2.33 bits per heavy atom. The first-order valence-corrected chi connectivity index (χ1v) is 9.11. The molecule has 1 aromatic carbocycles. The number of hydrogen-bond acceptors (Lipinski definition) is 7. The topological polar surface area (TPSA) is 137 Å². The third-order valence-corrected chi connectivity index (χ3v) is 5.00. The molecule has 0 saturated carbocycles. The number of aryl methyl sites for hydroxylation is 2. The molecule has 0 aliphatic carbocycles. The molecule has 3 aromatic rings. The maximum absolute atomic E-state index is 12.3. The van der Waals surface area contributed by atoms with Gasteiger partial charge in [0.15, 0.2) is 5.65 Å². The first-order chi connectivity index (χ1) is 14.3.